The summed E-state index contributed by atoms with van der Waals surface area (Å²) in [6.07, 6.45) is 10.3. The van der Waals surface area contributed by atoms with Crippen molar-refractivity contribution >= 4 is 0 Å². The van der Waals surface area contributed by atoms with Crippen LogP contribution in [0.15, 0.2) is 12.4 Å². The average Bonchev–Trinajstić information content (AvgIpc) is 2.61. The van der Waals surface area contributed by atoms with Gasteiger partial charge in [0.25, 0.3) is 0 Å². The smallest absolute Gasteiger partial charge is 0.0540 e. The highest BCUT2D eigenvalue weighted by molar-refractivity contribution is 5.24. The van der Waals surface area contributed by atoms with Gasteiger partial charge < -0.3 is 5.73 Å². The lowest BCUT2D eigenvalue weighted by Gasteiger charge is -2.25. The van der Waals surface area contributed by atoms with Gasteiger partial charge in [-0.05, 0) is 32.1 Å². The minimum atomic E-state index is -0.0119. The van der Waals surface area contributed by atoms with Gasteiger partial charge >= 0.3 is 0 Å². The molecule has 2 saturated carbocycles. The van der Waals surface area contributed by atoms with E-state index in [1.54, 1.807) is 0 Å². The summed E-state index contributed by atoms with van der Waals surface area (Å²) in [6.45, 7) is 0. The molecule has 0 radical (unpaired) electrons. The maximum absolute atomic E-state index is 6.09. The van der Waals surface area contributed by atoms with Gasteiger partial charge in [0.15, 0.2) is 0 Å². The van der Waals surface area contributed by atoms with E-state index in [2.05, 4.69) is 16.0 Å². The molecule has 1 aromatic rings. The minimum Gasteiger partial charge on any atom is -0.321 e. The van der Waals surface area contributed by atoms with E-state index in [0.29, 0.717) is 6.04 Å². The number of rotatable bonds is 2. The summed E-state index contributed by atoms with van der Waals surface area (Å²) in [6, 6.07) is 0.663. The summed E-state index contributed by atoms with van der Waals surface area (Å²) >= 11 is 0. The topological polar surface area (TPSA) is 43.8 Å². The molecule has 70 valence electrons. The Morgan fingerprint density at radius 1 is 1.46 bits per heavy atom. The lowest BCUT2D eigenvalue weighted by molar-refractivity contribution is 0.289. The zero-order valence-corrected chi connectivity index (χ0v) is 7.74. The van der Waals surface area contributed by atoms with Gasteiger partial charge in [0, 0.05) is 17.3 Å². The molecule has 3 nitrogen and oxygen atoms in total. The molecule has 3 heteroatoms. The van der Waals surface area contributed by atoms with Crippen LogP contribution < -0.4 is 5.73 Å². The first-order valence-electron chi connectivity index (χ1n) is 5.11. The fourth-order valence-electron chi connectivity index (χ4n) is 1.87. The molecule has 0 saturated heterocycles. The monoisotopic (exact) mass is 177 g/mol. The molecule has 0 aliphatic heterocycles. The number of nitrogens with zero attached hydrogens (tertiary/aromatic N) is 2. The van der Waals surface area contributed by atoms with Crippen LogP contribution in [-0.4, -0.2) is 9.78 Å². The standard InChI is InChI=1S/C10H15N3/c11-10(4-5-10)8-6-12-13(7-8)9-2-1-3-9/h6-7,9H,1-5,11H2. The maximum Gasteiger partial charge on any atom is 0.0540 e. The van der Waals surface area contributed by atoms with Crippen molar-refractivity contribution in [3.63, 3.8) is 0 Å². The SMILES string of the molecule is NC1(c2cnn(C3CCC3)c2)CC1. The zero-order valence-electron chi connectivity index (χ0n) is 7.74. The van der Waals surface area contributed by atoms with Crippen LogP contribution >= 0.6 is 0 Å². The van der Waals surface area contributed by atoms with Crippen molar-refractivity contribution in [2.45, 2.75) is 43.7 Å². The van der Waals surface area contributed by atoms with Gasteiger partial charge in [-0.1, -0.05) is 0 Å². The summed E-state index contributed by atoms with van der Waals surface area (Å²) in [5.41, 5.74) is 7.31. The number of hydrogen-bond donors (Lipinski definition) is 1. The minimum absolute atomic E-state index is 0.0119. The van der Waals surface area contributed by atoms with E-state index in [-0.39, 0.29) is 5.54 Å². The Morgan fingerprint density at radius 3 is 2.77 bits per heavy atom. The van der Waals surface area contributed by atoms with Crippen molar-refractivity contribution in [1.29, 1.82) is 0 Å². The van der Waals surface area contributed by atoms with E-state index in [1.807, 2.05) is 6.20 Å². The molecule has 1 aromatic heterocycles. The summed E-state index contributed by atoms with van der Waals surface area (Å²) in [4.78, 5) is 0. The van der Waals surface area contributed by atoms with Gasteiger partial charge in [-0.15, -0.1) is 0 Å². The van der Waals surface area contributed by atoms with Crippen molar-refractivity contribution in [3.05, 3.63) is 18.0 Å². The lowest BCUT2D eigenvalue weighted by Crippen LogP contribution is -2.19. The van der Waals surface area contributed by atoms with Crippen molar-refractivity contribution in [1.82, 2.24) is 9.78 Å². The predicted molar refractivity (Wildman–Crippen MR) is 50.2 cm³/mol. The molecule has 0 bridgehead atoms. The fourth-order valence-corrected chi connectivity index (χ4v) is 1.87. The van der Waals surface area contributed by atoms with Crippen LogP contribution in [0.3, 0.4) is 0 Å². The highest BCUT2D eigenvalue weighted by Crippen LogP contribution is 2.43. The van der Waals surface area contributed by atoms with Crippen LogP contribution in [0.1, 0.15) is 43.7 Å². The van der Waals surface area contributed by atoms with Crippen LogP contribution in [0, 0.1) is 0 Å². The molecule has 0 aromatic carbocycles. The number of aromatic nitrogens is 2. The molecule has 3 rings (SSSR count). The summed E-state index contributed by atoms with van der Waals surface area (Å²) in [5.74, 6) is 0. The second-order valence-electron chi connectivity index (χ2n) is 4.45. The van der Waals surface area contributed by atoms with Crippen LogP contribution in [0.2, 0.25) is 0 Å². The quantitative estimate of drug-likeness (QED) is 0.745. The van der Waals surface area contributed by atoms with Crippen LogP contribution in [-0.2, 0) is 5.54 Å². The van der Waals surface area contributed by atoms with Crippen molar-refractivity contribution in [2.75, 3.05) is 0 Å². The first-order valence-corrected chi connectivity index (χ1v) is 5.11. The Labute approximate surface area is 77.9 Å². The van der Waals surface area contributed by atoms with E-state index < -0.39 is 0 Å². The van der Waals surface area contributed by atoms with Gasteiger partial charge in [-0.25, -0.2) is 0 Å². The summed E-state index contributed by atoms with van der Waals surface area (Å²) in [7, 11) is 0. The van der Waals surface area contributed by atoms with Crippen LogP contribution in [0.25, 0.3) is 0 Å². The molecule has 2 N–H and O–H groups in total. The Bertz CT molecular complexity index is 321. The van der Waals surface area contributed by atoms with E-state index in [4.69, 9.17) is 5.73 Å². The molecular formula is C10H15N3. The third kappa shape index (κ3) is 1.10. The molecule has 0 spiro atoms. The van der Waals surface area contributed by atoms with Crippen LogP contribution in [0.4, 0.5) is 0 Å². The van der Waals surface area contributed by atoms with Gasteiger partial charge in [-0.3, -0.25) is 4.68 Å². The third-order valence-electron chi connectivity index (χ3n) is 3.41. The van der Waals surface area contributed by atoms with Gasteiger partial charge in [-0.2, -0.15) is 5.10 Å². The Kier molecular flexibility index (Phi) is 1.37. The molecular weight excluding hydrogens is 162 g/mol. The molecule has 2 aliphatic rings. The normalized spacial score (nSPS) is 25.6. The molecule has 13 heavy (non-hydrogen) atoms. The van der Waals surface area contributed by atoms with E-state index in [1.165, 1.54) is 24.8 Å². The zero-order chi connectivity index (χ0) is 8.89. The van der Waals surface area contributed by atoms with Gasteiger partial charge in [0.1, 0.15) is 0 Å². The van der Waals surface area contributed by atoms with E-state index in [0.717, 1.165) is 12.8 Å². The lowest BCUT2D eigenvalue weighted by atomic mass is 9.93. The maximum atomic E-state index is 6.09. The molecule has 0 atom stereocenters. The molecule has 1 heterocycles. The van der Waals surface area contributed by atoms with Gasteiger partial charge in [0.2, 0.25) is 0 Å². The second kappa shape index (κ2) is 2.35. The van der Waals surface area contributed by atoms with Gasteiger partial charge in [0.05, 0.1) is 12.2 Å². The van der Waals surface area contributed by atoms with E-state index >= 15 is 0 Å². The predicted octanol–water partition coefficient (Wildman–Crippen LogP) is 1.56. The molecule has 0 amide bonds. The van der Waals surface area contributed by atoms with E-state index in [9.17, 15) is 0 Å². The Morgan fingerprint density at radius 2 is 2.23 bits per heavy atom. The number of nitrogens with two attached hydrogens (primary N) is 1. The van der Waals surface area contributed by atoms with Crippen molar-refractivity contribution in [2.24, 2.45) is 5.73 Å². The highest BCUT2D eigenvalue weighted by Gasteiger charge is 2.41. The van der Waals surface area contributed by atoms with Crippen molar-refractivity contribution in [3.8, 4) is 0 Å². The average molecular weight is 177 g/mol. The number of hydrogen-bond acceptors (Lipinski definition) is 2. The Balaban J connectivity index is 1.85. The van der Waals surface area contributed by atoms with Crippen LogP contribution in [0.5, 0.6) is 0 Å². The summed E-state index contributed by atoms with van der Waals surface area (Å²) < 4.78 is 2.10. The molecule has 2 fully saturated rings. The largest absolute Gasteiger partial charge is 0.321 e. The highest BCUT2D eigenvalue weighted by atomic mass is 15.3. The van der Waals surface area contributed by atoms with Crippen molar-refractivity contribution < 1.29 is 0 Å². The first kappa shape index (κ1) is 7.56. The Hall–Kier alpha value is -0.830. The summed E-state index contributed by atoms with van der Waals surface area (Å²) in [5, 5.41) is 4.38. The third-order valence-corrected chi connectivity index (χ3v) is 3.41. The second-order valence-corrected chi connectivity index (χ2v) is 4.45. The molecule has 2 aliphatic carbocycles. The molecule has 0 unspecified atom stereocenters. The fraction of sp³-hybridized carbons (Fsp3) is 0.700. The first-order chi connectivity index (χ1) is 6.28.